The minimum atomic E-state index is -1.19. The van der Waals surface area contributed by atoms with E-state index in [1.54, 1.807) is 14.1 Å². The van der Waals surface area contributed by atoms with Crippen LogP contribution in [0.1, 0.15) is 6.23 Å². The minimum absolute atomic E-state index is 0.380. The summed E-state index contributed by atoms with van der Waals surface area (Å²) in [6, 6.07) is 0. The van der Waals surface area contributed by atoms with Gasteiger partial charge in [0.25, 0.3) is 0 Å². The molecule has 2 aromatic heterocycles. The average Bonchev–Trinajstić information content (AvgIpc) is 3.08. The Hall–Kier alpha value is -2.01. The van der Waals surface area contributed by atoms with E-state index in [4.69, 9.17) is 4.74 Å². The second kappa shape index (κ2) is 5.65. The van der Waals surface area contributed by atoms with Crippen molar-refractivity contribution in [2.45, 2.75) is 24.5 Å². The van der Waals surface area contributed by atoms with Crippen LogP contribution in [0.25, 0.3) is 11.2 Å². The molecule has 0 aliphatic carbocycles. The lowest BCUT2D eigenvalue weighted by Crippen LogP contribution is -2.33. The first-order valence-electron chi connectivity index (χ1n) is 6.83. The molecule has 1 aliphatic heterocycles. The van der Waals surface area contributed by atoms with Crippen LogP contribution in [0.3, 0.4) is 0 Å². The molecule has 4 atom stereocenters. The summed E-state index contributed by atoms with van der Waals surface area (Å²) in [7, 11) is 3.40. The number of aliphatic hydroxyl groups excluding tert-OH is 3. The molecule has 0 spiro atoms. The molecule has 22 heavy (non-hydrogen) atoms. The van der Waals surface area contributed by atoms with Crippen molar-refractivity contribution in [1.29, 1.82) is 0 Å². The molecule has 1 aliphatic rings. The molecule has 120 valence electrons. The fourth-order valence-corrected chi connectivity index (χ4v) is 2.50. The van der Waals surface area contributed by atoms with E-state index in [2.05, 4.69) is 25.6 Å². The minimum Gasteiger partial charge on any atom is -0.394 e. The third kappa shape index (κ3) is 2.16. The summed E-state index contributed by atoms with van der Waals surface area (Å²) < 4.78 is 7.02. The largest absolute Gasteiger partial charge is 0.394 e. The van der Waals surface area contributed by atoms with Gasteiger partial charge in [-0.05, 0) is 0 Å². The Morgan fingerprint density at radius 1 is 1.23 bits per heavy atom. The third-order valence-corrected chi connectivity index (χ3v) is 3.67. The van der Waals surface area contributed by atoms with Gasteiger partial charge in [-0.15, -0.1) is 0 Å². The first kappa shape index (κ1) is 14.9. The van der Waals surface area contributed by atoms with Gasteiger partial charge < -0.3 is 30.7 Å². The maximum absolute atomic E-state index is 10.1. The first-order valence-corrected chi connectivity index (χ1v) is 6.83. The Labute approximate surface area is 125 Å². The Morgan fingerprint density at radius 3 is 2.59 bits per heavy atom. The summed E-state index contributed by atoms with van der Waals surface area (Å²) in [5.74, 6) is 0.908. The van der Waals surface area contributed by atoms with Gasteiger partial charge in [-0.1, -0.05) is 0 Å². The lowest BCUT2D eigenvalue weighted by molar-refractivity contribution is -0.0511. The summed E-state index contributed by atoms with van der Waals surface area (Å²) in [5.41, 5.74) is 0.956. The lowest BCUT2D eigenvalue weighted by Gasteiger charge is -2.16. The number of fused-ring (bicyclic) bond motifs is 1. The van der Waals surface area contributed by atoms with E-state index in [1.165, 1.54) is 10.9 Å². The van der Waals surface area contributed by atoms with Crippen LogP contribution in [-0.2, 0) is 4.74 Å². The van der Waals surface area contributed by atoms with Gasteiger partial charge in [0.2, 0.25) is 5.95 Å². The van der Waals surface area contributed by atoms with Crippen LogP contribution in [0.5, 0.6) is 0 Å². The molecule has 0 bridgehead atoms. The van der Waals surface area contributed by atoms with Crippen LogP contribution in [0, 0.1) is 0 Å². The fourth-order valence-electron chi connectivity index (χ4n) is 2.50. The van der Waals surface area contributed by atoms with E-state index in [-0.39, 0.29) is 6.61 Å². The molecular weight excluding hydrogens is 292 g/mol. The molecule has 1 saturated heterocycles. The monoisotopic (exact) mass is 310 g/mol. The standard InChI is InChI=1S/C12H18N6O4/c1-13-9-6-10(17-12(14-2)16-9)18(4-15-6)11-8(21)7(20)5(3-19)22-11/h4-5,7-8,11,19-21H,3H2,1-2H3,(H2,13,14,16,17)/t5-,7-,8-,11-/m1/s1. The molecule has 0 unspecified atom stereocenters. The van der Waals surface area contributed by atoms with E-state index in [0.717, 1.165) is 0 Å². The van der Waals surface area contributed by atoms with Crippen molar-refractivity contribution in [2.75, 3.05) is 31.3 Å². The van der Waals surface area contributed by atoms with Crippen LogP contribution >= 0.6 is 0 Å². The van der Waals surface area contributed by atoms with E-state index in [0.29, 0.717) is 22.9 Å². The number of hydrogen-bond acceptors (Lipinski definition) is 9. The van der Waals surface area contributed by atoms with Gasteiger partial charge in [-0.2, -0.15) is 9.97 Å². The summed E-state index contributed by atoms with van der Waals surface area (Å²) >= 11 is 0. The number of aromatic nitrogens is 4. The highest BCUT2D eigenvalue weighted by Crippen LogP contribution is 2.32. The molecule has 3 heterocycles. The molecule has 2 aromatic rings. The second-order valence-corrected chi connectivity index (χ2v) is 4.95. The smallest absolute Gasteiger partial charge is 0.226 e. The number of nitrogens with one attached hydrogen (secondary N) is 2. The zero-order valence-electron chi connectivity index (χ0n) is 12.1. The van der Waals surface area contributed by atoms with Gasteiger partial charge in [0.15, 0.2) is 23.2 Å². The lowest BCUT2D eigenvalue weighted by atomic mass is 10.1. The maximum Gasteiger partial charge on any atom is 0.226 e. The SMILES string of the molecule is CNc1nc(NC)c2ncn([C@@H]3O[C@H](CO)[C@@H](O)[C@H]3O)c2n1. The summed E-state index contributed by atoms with van der Waals surface area (Å²) in [6.45, 7) is -0.389. The van der Waals surface area contributed by atoms with Crippen molar-refractivity contribution < 1.29 is 20.1 Å². The Bertz CT molecular complexity index is 677. The number of anilines is 2. The Morgan fingerprint density at radius 2 is 2.00 bits per heavy atom. The van der Waals surface area contributed by atoms with Crippen molar-refractivity contribution in [3.05, 3.63) is 6.33 Å². The van der Waals surface area contributed by atoms with Crippen molar-refractivity contribution in [1.82, 2.24) is 19.5 Å². The molecule has 10 heteroatoms. The fraction of sp³-hybridized carbons (Fsp3) is 0.583. The van der Waals surface area contributed by atoms with Crippen molar-refractivity contribution in [2.24, 2.45) is 0 Å². The Kier molecular flexibility index (Phi) is 3.83. The molecule has 10 nitrogen and oxygen atoms in total. The van der Waals surface area contributed by atoms with E-state index >= 15 is 0 Å². The average molecular weight is 310 g/mol. The molecule has 0 radical (unpaired) electrons. The van der Waals surface area contributed by atoms with Crippen molar-refractivity contribution >= 4 is 22.9 Å². The zero-order chi connectivity index (χ0) is 15.9. The quantitative estimate of drug-likeness (QED) is 0.458. The topological polar surface area (TPSA) is 138 Å². The van der Waals surface area contributed by atoms with Crippen molar-refractivity contribution in [3.8, 4) is 0 Å². The van der Waals surface area contributed by atoms with Crippen molar-refractivity contribution in [3.63, 3.8) is 0 Å². The molecule has 0 amide bonds. The summed E-state index contributed by atoms with van der Waals surface area (Å²) in [4.78, 5) is 12.8. The Balaban J connectivity index is 2.08. The van der Waals surface area contributed by atoms with Gasteiger partial charge in [-0.3, -0.25) is 4.57 Å². The molecular formula is C12H18N6O4. The van der Waals surface area contributed by atoms with Crippen LogP contribution in [-0.4, -0.2) is 73.9 Å². The second-order valence-electron chi connectivity index (χ2n) is 4.95. The van der Waals surface area contributed by atoms with Gasteiger partial charge >= 0.3 is 0 Å². The molecule has 1 fully saturated rings. The predicted molar refractivity (Wildman–Crippen MR) is 77.4 cm³/mol. The number of imidazole rings is 1. The number of nitrogens with zero attached hydrogens (tertiary/aromatic N) is 4. The van der Waals surface area contributed by atoms with Gasteiger partial charge in [0.05, 0.1) is 12.9 Å². The molecule has 0 saturated carbocycles. The van der Waals surface area contributed by atoms with Crippen LogP contribution < -0.4 is 10.6 Å². The number of ether oxygens (including phenoxy) is 1. The van der Waals surface area contributed by atoms with Gasteiger partial charge in [0, 0.05) is 14.1 Å². The first-order chi connectivity index (χ1) is 10.6. The zero-order valence-corrected chi connectivity index (χ0v) is 12.1. The summed E-state index contributed by atoms with van der Waals surface area (Å²) in [5, 5.41) is 35.0. The van der Waals surface area contributed by atoms with Crippen LogP contribution in [0.4, 0.5) is 11.8 Å². The number of hydrogen-bond donors (Lipinski definition) is 5. The third-order valence-electron chi connectivity index (χ3n) is 3.67. The molecule has 3 rings (SSSR count). The maximum atomic E-state index is 10.1. The summed E-state index contributed by atoms with van der Waals surface area (Å²) in [6.07, 6.45) is -2.66. The van der Waals surface area contributed by atoms with Crippen LogP contribution in [0.15, 0.2) is 6.33 Å². The number of aliphatic hydroxyl groups is 3. The van der Waals surface area contributed by atoms with E-state index in [9.17, 15) is 15.3 Å². The molecule has 0 aromatic carbocycles. The number of rotatable bonds is 4. The highest BCUT2D eigenvalue weighted by Gasteiger charge is 2.44. The molecule has 5 N–H and O–H groups in total. The van der Waals surface area contributed by atoms with E-state index < -0.39 is 24.5 Å². The normalized spacial score (nSPS) is 28.2. The highest BCUT2D eigenvalue weighted by molar-refractivity contribution is 5.84. The van der Waals surface area contributed by atoms with Gasteiger partial charge in [0.1, 0.15) is 18.3 Å². The predicted octanol–water partition coefficient (Wildman–Crippen LogP) is -1.48. The highest BCUT2D eigenvalue weighted by atomic mass is 16.6. The van der Waals surface area contributed by atoms with Crippen LogP contribution in [0.2, 0.25) is 0 Å². The van der Waals surface area contributed by atoms with Gasteiger partial charge in [-0.25, -0.2) is 4.98 Å². The van der Waals surface area contributed by atoms with E-state index in [1.807, 2.05) is 0 Å².